The molecule has 0 bridgehead atoms. The van der Waals surface area contributed by atoms with Crippen LogP contribution in [-0.2, 0) is 0 Å². The molecular weight excluding hydrogens is 498 g/mol. The van der Waals surface area contributed by atoms with Crippen molar-refractivity contribution in [3.8, 4) is 16.9 Å². The summed E-state index contributed by atoms with van der Waals surface area (Å²) in [5.74, 6) is -0.291. The minimum atomic E-state index is -0.551. The number of aryl methyl sites for hydroxylation is 1. The molecule has 1 saturated heterocycles. The molecule has 4 aromatic rings. The van der Waals surface area contributed by atoms with Crippen LogP contribution < -0.4 is 15.9 Å². The van der Waals surface area contributed by atoms with Crippen molar-refractivity contribution in [2.75, 3.05) is 24.5 Å². The molecular formula is C30H32F2N6O. The number of anilines is 1. The van der Waals surface area contributed by atoms with Crippen LogP contribution in [0.15, 0.2) is 41.3 Å². The van der Waals surface area contributed by atoms with Gasteiger partial charge in [-0.05, 0) is 80.0 Å². The average Bonchev–Trinajstić information content (AvgIpc) is 3.75. The second-order valence-corrected chi connectivity index (χ2v) is 11.0. The molecule has 4 heterocycles. The molecule has 6 rings (SSSR count). The van der Waals surface area contributed by atoms with Gasteiger partial charge in [0, 0.05) is 37.4 Å². The highest BCUT2D eigenvalue weighted by Crippen LogP contribution is 2.46. The van der Waals surface area contributed by atoms with Crippen LogP contribution >= 0.6 is 0 Å². The van der Waals surface area contributed by atoms with Gasteiger partial charge in [0.15, 0.2) is 5.65 Å². The highest BCUT2D eigenvalue weighted by Gasteiger charge is 2.32. The maximum Gasteiger partial charge on any atom is 0.355 e. The van der Waals surface area contributed by atoms with Gasteiger partial charge in [-0.15, -0.1) is 0 Å². The number of nitrogens with zero attached hydrogens (tertiary/aromatic N) is 5. The Hall–Kier alpha value is -3.72. The predicted octanol–water partition coefficient (Wildman–Crippen LogP) is 5.23. The normalized spacial score (nSPS) is 17.8. The van der Waals surface area contributed by atoms with Crippen LogP contribution in [0.4, 0.5) is 14.6 Å². The van der Waals surface area contributed by atoms with Crippen molar-refractivity contribution in [2.24, 2.45) is 0 Å². The minimum absolute atomic E-state index is 0.0283. The fourth-order valence-corrected chi connectivity index (χ4v) is 5.61. The van der Waals surface area contributed by atoms with Crippen molar-refractivity contribution in [1.29, 1.82) is 0 Å². The van der Waals surface area contributed by atoms with Crippen molar-refractivity contribution in [1.82, 2.24) is 24.8 Å². The number of nitrogens with one attached hydrogen (secondary N) is 1. The van der Waals surface area contributed by atoms with E-state index in [0.717, 1.165) is 60.3 Å². The molecule has 7 nitrogen and oxygen atoms in total. The van der Waals surface area contributed by atoms with E-state index in [4.69, 9.17) is 4.98 Å². The van der Waals surface area contributed by atoms with Crippen LogP contribution in [0.5, 0.6) is 0 Å². The van der Waals surface area contributed by atoms with Gasteiger partial charge >= 0.3 is 5.69 Å². The summed E-state index contributed by atoms with van der Waals surface area (Å²) in [4.78, 5) is 30.4. The first kappa shape index (κ1) is 25.6. The summed E-state index contributed by atoms with van der Waals surface area (Å²) in [6.45, 7) is 10.3. The second-order valence-electron chi connectivity index (χ2n) is 11.0. The van der Waals surface area contributed by atoms with Crippen LogP contribution in [0.3, 0.4) is 0 Å². The summed E-state index contributed by atoms with van der Waals surface area (Å²) in [7, 11) is 0. The molecule has 0 radical (unpaired) electrons. The molecule has 1 aromatic carbocycles. The van der Waals surface area contributed by atoms with Gasteiger partial charge in [-0.3, -0.25) is 4.98 Å². The molecule has 1 atom stereocenters. The van der Waals surface area contributed by atoms with E-state index in [0.29, 0.717) is 29.4 Å². The molecule has 1 saturated carbocycles. The van der Waals surface area contributed by atoms with Crippen molar-refractivity contribution in [3.05, 3.63) is 75.5 Å². The zero-order chi connectivity index (χ0) is 27.4. The van der Waals surface area contributed by atoms with Crippen LogP contribution in [-0.4, -0.2) is 45.2 Å². The fraction of sp³-hybridized carbons (Fsp3) is 0.400. The van der Waals surface area contributed by atoms with Crippen LogP contribution in [0.2, 0.25) is 0 Å². The fourth-order valence-electron chi connectivity index (χ4n) is 5.61. The van der Waals surface area contributed by atoms with Gasteiger partial charge in [0.05, 0.1) is 22.5 Å². The smallest absolute Gasteiger partial charge is 0.351 e. The molecule has 1 N–H and O–H groups in total. The van der Waals surface area contributed by atoms with E-state index in [2.05, 4.69) is 27.1 Å². The lowest BCUT2D eigenvalue weighted by atomic mass is 9.99. The molecule has 0 amide bonds. The number of halogens is 2. The Kier molecular flexibility index (Phi) is 6.41. The highest BCUT2D eigenvalue weighted by atomic mass is 19.1. The first-order valence-electron chi connectivity index (χ1n) is 13.6. The van der Waals surface area contributed by atoms with E-state index >= 15 is 4.39 Å². The van der Waals surface area contributed by atoms with Gasteiger partial charge in [-0.25, -0.2) is 23.1 Å². The maximum absolute atomic E-state index is 15.2. The van der Waals surface area contributed by atoms with E-state index < -0.39 is 17.3 Å². The third kappa shape index (κ3) is 4.48. The first-order valence-corrected chi connectivity index (χ1v) is 13.6. The number of aromatic nitrogens is 4. The Balaban J connectivity index is 1.75. The molecule has 0 spiro atoms. The summed E-state index contributed by atoms with van der Waals surface area (Å²) in [5, 5.41) is 4.12. The zero-order valence-electron chi connectivity index (χ0n) is 22.6. The lowest BCUT2D eigenvalue weighted by Crippen LogP contribution is -2.50. The number of hydrogen-bond donors (Lipinski definition) is 1. The molecule has 1 aliphatic heterocycles. The SMILES string of the molecule is Cc1ccnc(C(C)C)c1-n1c(=O)nc(N2CCNC[C@@H]2C)c2cc(C3CC3)c(-c3cc(F)ccc3F)nc21. The molecule has 3 aromatic heterocycles. The highest BCUT2D eigenvalue weighted by molar-refractivity contribution is 5.92. The number of benzene rings is 1. The Morgan fingerprint density at radius 3 is 2.62 bits per heavy atom. The Bertz CT molecular complexity index is 1650. The average molecular weight is 531 g/mol. The van der Waals surface area contributed by atoms with E-state index in [1.165, 1.54) is 10.6 Å². The number of pyridine rings is 2. The summed E-state index contributed by atoms with van der Waals surface area (Å²) in [6, 6.07) is 7.40. The topological polar surface area (TPSA) is 75.9 Å². The van der Waals surface area contributed by atoms with Gasteiger partial charge in [-0.2, -0.15) is 4.98 Å². The standard InChI is InChI=1S/C30H32F2N6O/c1-16(2)25-27(17(3)9-10-34-25)38-29-23(28(36-30(38)39)37-12-11-33-15-18(37)4)14-21(19-5-6-19)26(35-29)22-13-20(31)7-8-24(22)32/h7-10,13-14,16,18-19,33H,5-6,11-12,15H2,1-4H3/t18-/m0/s1. The number of fused-ring (bicyclic) bond motifs is 1. The zero-order valence-corrected chi connectivity index (χ0v) is 22.6. The van der Waals surface area contributed by atoms with E-state index in [-0.39, 0.29) is 23.4 Å². The molecule has 2 fully saturated rings. The molecule has 0 unspecified atom stereocenters. The molecule has 2 aliphatic rings. The molecule has 39 heavy (non-hydrogen) atoms. The van der Waals surface area contributed by atoms with E-state index in [1.807, 2.05) is 32.9 Å². The van der Waals surface area contributed by atoms with E-state index in [1.54, 1.807) is 6.20 Å². The lowest BCUT2D eigenvalue weighted by Gasteiger charge is -2.35. The third-order valence-corrected chi connectivity index (χ3v) is 7.78. The first-order chi connectivity index (χ1) is 18.7. The number of piperazine rings is 1. The number of rotatable bonds is 5. The molecule has 9 heteroatoms. The predicted molar refractivity (Wildman–Crippen MR) is 149 cm³/mol. The van der Waals surface area contributed by atoms with Crippen LogP contribution in [0, 0.1) is 18.6 Å². The van der Waals surface area contributed by atoms with Crippen molar-refractivity contribution < 1.29 is 8.78 Å². The van der Waals surface area contributed by atoms with Gasteiger partial charge in [-0.1, -0.05) is 13.8 Å². The van der Waals surface area contributed by atoms with Gasteiger partial charge in [0.2, 0.25) is 0 Å². The Labute approximate surface area is 225 Å². The van der Waals surface area contributed by atoms with Crippen molar-refractivity contribution >= 4 is 16.9 Å². The van der Waals surface area contributed by atoms with E-state index in [9.17, 15) is 9.18 Å². The maximum atomic E-state index is 15.2. The Morgan fingerprint density at radius 1 is 1.10 bits per heavy atom. The third-order valence-electron chi connectivity index (χ3n) is 7.78. The second kappa shape index (κ2) is 9.79. The van der Waals surface area contributed by atoms with Gasteiger partial charge in [0.1, 0.15) is 17.5 Å². The monoisotopic (exact) mass is 530 g/mol. The van der Waals surface area contributed by atoms with Crippen molar-refractivity contribution in [3.63, 3.8) is 0 Å². The van der Waals surface area contributed by atoms with Crippen LogP contribution in [0.25, 0.3) is 28.0 Å². The summed E-state index contributed by atoms with van der Waals surface area (Å²) < 4.78 is 31.0. The number of hydrogen-bond acceptors (Lipinski definition) is 6. The molecule has 1 aliphatic carbocycles. The summed E-state index contributed by atoms with van der Waals surface area (Å²) in [5.41, 5.74) is 3.45. The molecule has 202 valence electrons. The quantitative estimate of drug-likeness (QED) is 0.381. The van der Waals surface area contributed by atoms with Crippen molar-refractivity contribution in [2.45, 2.75) is 58.4 Å². The Morgan fingerprint density at radius 2 is 1.90 bits per heavy atom. The summed E-state index contributed by atoms with van der Waals surface area (Å²) >= 11 is 0. The van der Waals surface area contributed by atoms with Gasteiger partial charge in [0.25, 0.3) is 0 Å². The summed E-state index contributed by atoms with van der Waals surface area (Å²) in [6.07, 6.45) is 3.63. The minimum Gasteiger partial charge on any atom is -0.351 e. The van der Waals surface area contributed by atoms with Gasteiger partial charge < -0.3 is 10.2 Å². The lowest BCUT2D eigenvalue weighted by molar-refractivity contribution is 0.497. The van der Waals surface area contributed by atoms with Crippen LogP contribution in [0.1, 0.15) is 62.3 Å². The largest absolute Gasteiger partial charge is 0.355 e.